The molecule has 194 valence electrons. The summed E-state index contributed by atoms with van der Waals surface area (Å²) in [6.07, 6.45) is 0.194. The van der Waals surface area contributed by atoms with Gasteiger partial charge in [0.1, 0.15) is 26.1 Å². The number of hydrogen-bond acceptors (Lipinski definition) is 7. The second-order valence-corrected chi connectivity index (χ2v) is 8.24. The normalized spacial score (nSPS) is 10.4. The van der Waals surface area contributed by atoms with Gasteiger partial charge in [-0.2, -0.15) is 0 Å². The zero-order valence-corrected chi connectivity index (χ0v) is 20.6. The number of aromatic nitrogens is 2. The maximum Gasteiger partial charge on any atom is 0.429 e. The lowest BCUT2D eigenvalue weighted by atomic mass is 10.2. The quantitative estimate of drug-likeness (QED) is 0.277. The number of carbonyl (C=O) groups is 2. The number of esters is 1. The Morgan fingerprint density at radius 3 is 1.82 bits per heavy atom. The number of ether oxygens (including phenoxy) is 3. The molecule has 0 saturated heterocycles. The molecule has 1 heterocycles. The third kappa shape index (κ3) is 7.79. The van der Waals surface area contributed by atoms with Crippen molar-refractivity contribution < 1.29 is 23.8 Å². The third-order valence-electron chi connectivity index (χ3n) is 5.44. The Kier molecular flexibility index (Phi) is 9.23. The Morgan fingerprint density at radius 2 is 1.26 bits per heavy atom. The molecule has 9 heteroatoms. The molecule has 3 aromatic carbocycles. The van der Waals surface area contributed by atoms with Crippen LogP contribution in [0.25, 0.3) is 0 Å². The topological polar surface area (TPSA) is 100.0 Å². The molecule has 0 unspecified atom stereocenters. The molecule has 0 aliphatic carbocycles. The number of carbonyl (C=O) groups excluding carboxylic acids is 2. The highest BCUT2D eigenvalue weighted by Crippen LogP contribution is 2.09. The van der Waals surface area contributed by atoms with Gasteiger partial charge in [0.25, 0.3) is 5.56 Å². The van der Waals surface area contributed by atoms with Gasteiger partial charge in [0.15, 0.2) is 0 Å². The van der Waals surface area contributed by atoms with Crippen LogP contribution >= 0.6 is 0 Å². The molecular formula is C29H27N3O6. The van der Waals surface area contributed by atoms with Crippen molar-refractivity contribution in [3.63, 3.8) is 0 Å². The lowest BCUT2D eigenvalue weighted by Crippen LogP contribution is -2.47. The summed E-state index contributed by atoms with van der Waals surface area (Å²) in [5, 5.41) is 1.02. The van der Waals surface area contributed by atoms with Crippen LogP contribution in [0.4, 0.5) is 4.79 Å². The summed E-state index contributed by atoms with van der Waals surface area (Å²) in [6.45, 7) is 0.169. The minimum Gasteiger partial charge on any atom is -0.473 e. The van der Waals surface area contributed by atoms with Crippen molar-refractivity contribution in [3.05, 3.63) is 130 Å². The van der Waals surface area contributed by atoms with Gasteiger partial charge in [0.05, 0.1) is 19.0 Å². The molecule has 4 rings (SSSR count). The van der Waals surface area contributed by atoms with Crippen LogP contribution in [0, 0.1) is 0 Å². The van der Waals surface area contributed by atoms with Gasteiger partial charge in [-0.25, -0.2) is 19.5 Å². The molecule has 0 aliphatic rings. The van der Waals surface area contributed by atoms with Crippen LogP contribution in [-0.2, 0) is 34.1 Å². The van der Waals surface area contributed by atoms with Gasteiger partial charge in [0, 0.05) is 0 Å². The molecule has 0 saturated carbocycles. The zero-order chi connectivity index (χ0) is 26.6. The lowest BCUT2D eigenvalue weighted by Gasteiger charge is -2.23. The second-order valence-electron chi connectivity index (χ2n) is 8.24. The molecule has 38 heavy (non-hydrogen) atoms. The first-order valence-electron chi connectivity index (χ1n) is 12.0. The molecule has 1 amide bonds. The predicted octanol–water partition coefficient (Wildman–Crippen LogP) is 4.23. The van der Waals surface area contributed by atoms with Crippen LogP contribution in [0.5, 0.6) is 5.88 Å². The SMILES string of the molecule is O=C(CCN(C(=O)OCc1ccccc1)n1cnc(OCc2ccccc2)cc1=O)OCc1ccccc1. The molecule has 0 radical (unpaired) electrons. The highest BCUT2D eigenvalue weighted by atomic mass is 16.6. The van der Waals surface area contributed by atoms with Crippen molar-refractivity contribution >= 4 is 12.1 Å². The first-order chi connectivity index (χ1) is 18.6. The Hall–Kier alpha value is -4.92. The van der Waals surface area contributed by atoms with Crippen LogP contribution in [0.3, 0.4) is 0 Å². The standard InChI is InChI=1S/C29H27N3O6/c33-27-18-26(36-19-23-10-4-1-5-11-23)30-22-32(27)31(29(35)38-21-25-14-8-3-9-15-25)17-16-28(34)37-20-24-12-6-2-7-13-24/h1-15,18,22H,16-17,19-21H2. The summed E-state index contributed by atoms with van der Waals surface area (Å²) in [5.41, 5.74) is 1.96. The van der Waals surface area contributed by atoms with E-state index in [4.69, 9.17) is 14.2 Å². The maximum absolute atomic E-state index is 13.0. The van der Waals surface area contributed by atoms with Crippen molar-refractivity contribution in [2.45, 2.75) is 26.2 Å². The molecule has 9 nitrogen and oxygen atoms in total. The van der Waals surface area contributed by atoms with E-state index >= 15 is 0 Å². The minimum absolute atomic E-state index is 0.00488. The van der Waals surface area contributed by atoms with Gasteiger partial charge in [-0.05, 0) is 16.7 Å². The summed E-state index contributed by atoms with van der Waals surface area (Å²) in [5.74, 6) is -0.423. The Labute approximate surface area is 219 Å². The molecule has 0 bridgehead atoms. The van der Waals surface area contributed by atoms with Crippen LogP contribution in [0.2, 0.25) is 0 Å². The molecule has 1 aromatic heterocycles. The van der Waals surface area contributed by atoms with Gasteiger partial charge in [0.2, 0.25) is 5.88 Å². The Morgan fingerprint density at radius 1 is 0.737 bits per heavy atom. The average molecular weight is 514 g/mol. The van der Waals surface area contributed by atoms with Crippen molar-refractivity contribution in [2.75, 3.05) is 11.6 Å². The number of amides is 1. The van der Waals surface area contributed by atoms with E-state index < -0.39 is 17.6 Å². The highest BCUT2D eigenvalue weighted by Gasteiger charge is 2.21. The van der Waals surface area contributed by atoms with Gasteiger partial charge >= 0.3 is 12.1 Å². The number of benzene rings is 3. The average Bonchev–Trinajstić information content (AvgIpc) is 2.96. The summed E-state index contributed by atoms with van der Waals surface area (Å²) in [7, 11) is 0. The first kappa shape index (κ1) is 26.2. The van der Waals surface area contributed by atoms with Crippen molar-refractivity contribution in [3.8, 4) is 5.88 Å². The van der Waals surface area contributed by atoms with E-state index in [0.29, 0.717) is 0 Å². The van der Waals surface area contributed by atoms with Crippen LogP contribution in [0.1, 0.15) is 23.1 Å². The predicted molar refractivity (Wildman–Crippen MR) is 140 cm³/mol. The van der Waals surface area contributed by atoms with E-state index in [-0.39, 0.29) is 38.7 Å². The summed E-state index contributed by atoms with van der Waals surface area (Å²) >= 11 is 0. The fourth-order valence-electron chi connectivity index (χ4n) is 3.46. The van der Waals surface area contributed by atoms with Crippen LogP contribution < -0.4 is 15.3 Å². The molecule has 4 aromatic rings. The smallest absolute Gasteiger partial charge is 0.429 e. The van der Waals surface area contributed by atoms with E-state index in [9.17, 15) is 14.4 Å². The summed E-state index contributed by atoms with van der Waals surface area (Å²) in [4.78, 5) is 42.4. The fraction of sp³-hybridized carbons (Fsp3) is 0.172. The molecule has 0 aliphatic heterocycles. The van der Waals surface area contributed by atoms with Gasteiger partial charge in [-0.3, -0.25) is 9.59 Å². The Bertz CT molecular complexity index is 1380. The minimum atomic E-state index is -0.813. The number of hydrogen-bond donors (Lipinski definition) is 0. The molecule has 0 atom stereocenters. The zero-order valence-electron chi connectivity index (χ0n) is 20.6. The van der Waals surface area contributed by atoms with E-state index in [1.807, 2.05) is 91.0 Å². The van der Waals surface area contributed by atoms with E-state index in [0.717, 1.165) is 26.4 Å². The van der Waals surface area contributed by atoms with Gasteiger partial charge in [-0.15, -0.1) is 0 Å². The van der Waals surface area contributed by atoms with Crippen LogP contribution in [-0.4, -0.2) is 28.3 Å². The largest absolute Gasteiger partial charge is 0.473 e. The number of nitrogens with zero attached hydrogens (tertiary/aromatic N) is 3. The summed E-state index contributed by atoms with van der Waals surface area (Å²) in [6, 6.07) is 29.0. The second kappa shape index (κ2) is 13.4. The maximum atomic E-state index is 13.0. The summed E-state index contributed by atoms with van der Waals surface area (Å²) < 4.78 is 17.3. The fourth-order valence-corrected chi connectivity index (χ4v) is 3.46. The lowest BCUT2D eigenvalue weighted by molar-refractivity contribution is -0.144. The highest BCUT2D eigenvalue weighted by molar-refractivity contribution is 5.80. The molecule has 0 fully saturated rings. The monoisotopic (exact) mass is 513 g/mol. The molecule has 0 N–H and O–H groups in total. The van der Waals surface area contributed by atoms with E-state index in [1.165, 1.54) is 12.4 Å². The molecule has 0 spiro atoms. The van der Waals surface area contributed by atoms with Gasteiger partial charge in [-0.1, -0.05) is 91.0 Å². The third-order valence-corrected chi connectivity index (χ3v) is 5.44. The Balaban J connectivity index is 1.43. The van der Waals surface area contributed by atoms with E-state index in [2.05, 4.69) is 4.98 Å². The first-order valence-corrected chi connectivity index (χ1v) is 12.0. The van der Waals surface area contributed by atoms with Crippen molar-refractivity contribution in [1.82, 2.24) is 9.66 Å². The number of rotatable bonds is 11. The van der Waals surface area contributed by atoms with Crippen molar-refractivity contribution in [1.29, 1.82) is 0 Å². The van der Waals surface area contributed by atoms with Crippen molar-refractivity contribution in [2.24, 2.45) is 0 Å². The van der Waals surface area contributed by atoms with E-state index in [1.54, 1.807) is 0 Å². The molecular weight excluding hydrogens is 486 g/mol. The van der Waals surface area contributed by atoms with Gasteiger partial charge < -0.3 is 14.2 Å². The van der Waals surface area contributed by atoms with Crippen LogP contribution in [0.15, 0.2) is 108 Å².